The van der Waals surface area contributed by atoms with E-state index in [0.717, 1.165) is 22.9 Å². The van der Waals surface area contributed by atoms with Gasteiger partial charge >= 0.3 is 0 Å². The summed E-state index contributed by atoms with van der Waals surface area (Å²) in [6.45, 7) is 6.76. The van der Waals surface area contributed by atoms with Gasteiger partial charge in [0.05, 0.1) is 17.8 Å². The largest absolute Gasteiger partial charge is 0.351 e. The van der Waals surface area contributed by atoms with Crippen LogP contribution in [0.3, 0.4) is 0 Å². The van der Waals surface area contributed by atoms with E-state index in [1.54, 1.807) is 0 Å². The summed E-state index contributed by atoms with van der Waals surface area (Å²) in [5.74, 6) is 0. The van der Waals surface area contributed by atoms with E-state index in [4.69, 9.17) is 17.2 Å². The van der Waals surface area contributed by atoms with E-state index in [9.17, 15) is 0 Å². The summed E-state index contributed by atoms with van der Waals surface area (Å²) in [6, 6.07) is 18.1. The van der Waals surface area contributed by atoms with Gasteiger partial charge in [0, 0.05) is 29.3 Å². The molecule has 172 valence electrons. The van der Waals surface area contributed by atoms with Crippen molar-refractivity contribution in [2.45, 2.75) is 77.4 Å². The Kier molecular flexibility index (Phi) is 6.24. The van der Waals surface area contributed by atoms with Crippen LogP contribution in [0.4, 0.5) is 5.69 Å². The number of thiocarbonyl (C=S) groups is 1. The normalized spacial score (nSPS) is 21.4. The zero-order chi connectivity index (χ0) is 22.9. The lowest BCUT2D eigenvalue weighted by Gasteiger charge is -2.30. The minimum atomic E-state index is 0.00450. The third-order valence-corrected chi connectivity index (χ3v) is 7.82. The van der Waals surface area contributed by atoms with Crippen molar-refractivity contribution < 1.29 is 0 Å². The molecule has 0 spiro atoms. The summed E-state index contributed by atoms with van der Waals surface area (Å²) in [7, 11) is 0. The zero-order valence-corrected chi connectivity index (χ0v) is 20.7. The minimum absolute atomic E-state index is 0.00450. The third kappa shape index (κ3) is 4.08. The topological polar surface area (TPSA) is 33.1 Å². The maximum absolute atomic E-state index is 5.93. The fourth-order valence-electron chi connectivity index (χ4n) is 5.84. The fraction of sp³-hybridized carbons (Fsp3) is 0.429. The van der Waals surface area contributed by atoms with Crippen LogP contribution in [0.1, 0.15) is 85.4 Å². The van der Waals surface area contributed by atoms with Crippen LogP contribution in [0.5, 0.6) is 0 Å². The fourth-order valence-corrected chi connectivity index (χ4v) is 6.19. The first kappa shape index (κ1) is 22.1. The van der Waals surface area contributed by atoms with Gasteiger partial charge in [0.2, 0.25) is 0 Å². The quantitative estimate of drug-likeness (QED) is 0.429. The summed E-state index contributed by atoms with van der Waals surface area (Å²) < 4.78 is 2.60. The van der Waals surface area contributed by atoms with Gasteiger partial charge in [-0.3, -0.25) is 4.98 Å². The first-order chi connectivity index (χ1) is 16.1. The lowest BCUT2D eigenvalue weighted by molar-refractivity contribution is 0.345. The van der Waals surface area contributed by atoms with Crippen LogP contribution in [0.2, 0.25) is 0 Å². The average molecular weight is 459 g/mol. The number of hydrogen-bond donors (Lipinski definition) is 1. The van der Waals surface area contributed by atoms with Gasteiger partial charge in [-0.1, -0.05) is 44.4 Å². The van der Waals surface area contributed by atoms with Gasteiger partial charge < -0.3 is 14.8 Å². The molecular formula is C28H34N4S. The van der Waals surface area contributed by atoms with Crippen LogP contribution in [-0.2, 0) is 6.42 Å². The molecular weight excluding hydrogens is 424 g/mol. The molecule has 2 atom stereocenters. The van der Waals surface area contributed by atoms with Crippen LogP contribution in [0.25, 0.3) is 0 Å². The molecule has 1 N–H and O–H groups in total. The van der Waals surface area contributed by atoms with Gasteiger partial charge in [-0.15, -0.1) is 0 Å². The molecule has 33 heavy (non-hydrogen) atoms. The predicted molar refractivity (Wildman–Crippen MR) is 140 cm³/mol. The number of rotatable bonds is 5. The number of aromatic nitrogens is 2. The van der Waals surface area contributed by atoms with Crippen molar-refractivity contribution in [3.8, 4) is 0 Å². The van der Waals surface area contributed by atoms with Gasteiger partial charge in [-0.2, -0.15) is 0 Å². The minimum Gasteiger partial charge on any atom is -0.351 e. The smallest absolute Gasteiger partial charge is 0.174 e. The number of nitrogens with one attached hydrogen (secondary N) is 1. The predicted octanol–water partition coefficient (Wildman–Crippen LogP) is 6.74. The Morgan fingerprint density at radius 3 is 2.45 bits per heavy atom. The van der Waals surface area contributed by atoms with E-state index < -0.39 is 0 Å². The maximum Gasteiger partial charge on any atom is 0.174 e. The van der Waals surface area contributed by atoms with E-state index in [-0.39, 0.29) is 12.1 Å². The van der Waals surface area contributed by atoms with Crippen molar-refractivity contribution in [3.05, 3.63) is 82.9 Å². The molecule has 0 bridgehead atoms. The van der Waals surface area contributed by atoms with Crippen molar-refractivity contribution in [2.24, 2.45) is 0 Å². The molecule has 1 aromatic carbocycles. The number of pyridine rings is 1. The molecule has 3 heterocycles. The Bertz CT molecular complexity index is 1110. The van der Waals surface area contributed by atoms with E-state index in [1.165, 1.54) is 54.6 Å². The van der Waals surface area contributed by atoms with E-state index in [2.05, 4.69) is 78.0 Å². The Morgan fingerprint density at radius 1 is 1.03 bits per heavy atom. The van der Waals surface area contributed by atoms with Gasteiger partial charge in [0.25, 0.3) is 0 Å². The highest BCUT2D eigenvalue weighted by atomic mass is 32.1. The van der Waals surface area contributed by atoms with Crippen molar-refractivity contribution in [1.29, 1.82) is 0 Å². The Labute approximate surface area is 203 Å². The molecule has 1 aliphatic carbocycles. The number of benzene rings is 1. The monoisotopic (exact) mass is 458 g/mol. The number of aryl methyl sites for hydroxylation is 2. The van der Waals surface area contributed by atoms with E-state index >= 15 is 0 Å². The first-order valence-electron chi connectivity index (χ1n) is 12.4. The average Bonchev–Trinajstić information content (AvgIpc) is 3.35. The van der Waals surface area contributed by atoms with Crippen LogP contribution in [0, 0.1) is 13.8 Å². The molecule has 1 aliphatic heterocycles. The second kappa shape index (κ2) is 9.30. The van der Waals surface area contributed by atoms with Crippen molar-refractivity contribution in [1.82, 2.24) is 14.9 Å². The van der Waals surface area contributed by atoms with Crippen LogP contribution >= 0.6 is 12.2 Å². The molecule has 2 aliphatic rings. The molecule has 5 rings (SSSR count). The summed E-state index contributed by atoms with van der Waals surface area (Å²) >= 11 is 5.93. The second-order valence-electron chi connectivity index (χ2n) is 9.50. The van der Waals surface area contributed by atoms with Crippen molar-refractivity contribution in [3.63, 3.8) is 0 Å². The molecule has 1 saturated carbocycles. The van der Waals surface area contributed by atoms with Crippen molar-refractivity contribution >= 4 is 23.0 Å². The molecule has 4 nitrogen and oxygen atoms in total. The van der Waals surface area contributed by atoms with Crippen LogP contribution in [0.15, 0.2) is 54.7 Å². The number of anilines is 1. The summed E-state index contributed by atoms with van der Waals surface area (Å²) in [4.78, 5) is 7.03. The molecule has 2 fully saturated rings. The maximum atomic E-state index is 5.93. The first-order valence-corrected chi connectivity index (χ1v) is 12.8. The second-order valence-corrected chi connectivity index (χ2v) is 9.89. The lowest BCUT2D eigenvalue weighted by atomic mass is 9.94. The Balaban J connectivity index is 1.61. The molecule has 0 radical (unpaired) electrons. The van der Waals surface area contributed by atoms with Crippen LogP contribution in [-0.4, -0.2) is 14.7 Å². The molecule has 3 aromatic rings. The highest BCUT2D eigenvalue weighted by Gasteiger charge is 2.42. The molecule has 5 heteroatoms. The zero-order valence-electron chi connectivity index (χ0n) is 19.9. The SMILES string of the molecule is CCc1ccc(N2C(=S)N[C@H](c3ccccn3)[C@H]2c2cc(C)n(C3CCCCC3)c2C)cc1. The standard InChI is InChI=1S/C28H34N4S/c1-4-21-13-15-23(16-14-21)32-27(26(30-28(32)33)25-12-8-9-17-29-25)24-18-19(2)31(20(24)3)22-10-6-5-7-11-22/h8-9,12-18,22,26-27H,4-7,10-11H2,1-3H3,(H,30,33)/t26-,27-/m1/s1. The molecule has 1 saturated heterocycles. The molecule has 0 amide bonds. The summed E-state index contributed by atoms with van der Waals surface area (Å²) in [5.41, 5.74) is 7.57. The number of nitrogens with zero attached hydrogens (tertiary/aromatic N) is 3. The van der Waals surface area contributed by atoms with Crippen molar-refractivity contribution in [2.75, 3.05) is 4.90 Å². The van der Waals surface area contributed by atoms with Gasteiger partial charge in [-0.05, 0) is 86.8 Å². The molecule has 2 aromatic heterocycles. The lowest BCUT2D eigenvalue weighted by Crippen LogP contribution is -2.29. The summed E-state index contributed by atoms with van der Waals surface area (Å²) in [6.07, 6.45) is 9.50. The van der Waals surface area contributed by atoms with Crippen LogP contribution < -0.4 is 10.2 Å². The Morgan fingerprint density at radius 2 is 1.79 bits per heavy atom. The molecule has 0 unspecified atom stereocenters. The summed E-state index contributed by atoms with van der Waals surface area (Å²) in [5, 5.41) is 4.38. The Hall–Kier alpha value is -2.66. The van der Waals surface area contributed by atoms with Gasteiger partial charge in [-0.25, -0.2) is 0 Å². The third-order valence-electron chi connectivity index (χ3n) is 7.50. The van der Waals surface area contributed by atoms with E-state index in [0.29, 0.717) is 6.04 Å². The van der Waals surface area contributed by atoms with Gasteiger partial charge in [0.15, 0.2) is 5.11 Å². The van der Waals surface area contributed by atoms with E-state index in [1.807, 2.05) is 12.3 Å². The van der Waals surface area contributed by atoms with Gasteiger partial charge in [0.1, 0.15) is 0 Å². The number of hydrogen-bond acceptors (Lipinski definition) is 2. The highest BCUT2D eigenvalue weighted by Crippen LogP contribution is 2.44. The highest BCUT2D eigenvalue weighted by molar-refractivity contribution is 7.80.